The molecule has 0 radical (unpaired) electrons. The van der Waals surface area contributed by atoms with Crippen molar-refractivity contribution in [1.82, 2.24) is 4.90 Å². The highest BCUT2D eigenvalue weighted by molar-refractivity contribution is 5.90. The van der Waals surface area contributed by atoms with E-state index in [9.17, 15) is 40.3 Å². The lowest BCUT2D eigenvalue weighted by Crippen LogP contribution is -2.64. The van der Waals surface area contributed by atoms with Gasteiger partial charge in [-0.25, -0.2) is 13.6 Å². The van der Waals surface area contributed by atoms with E-state index in [-0.39, 0.29) is 6.92 Å². The second kappa shape index (κ2) is 9.97. The van der Waals surface area contributed by atoms with Crippen LogP contribution < -0.4 is 0 Å². The van der Waals surface area contributed by atoms with Gasteiger partial charge in [-0.2, -0.15) is 22.0 Å². The molecule has 1 unspecified atom stereocenters. The monoisotopic (exact) mass is 453 g/mol. The third-order valence-electron chi connectivity index (χ3n) is 4.00. The molecule has 12 heteroatoms. The maximum absolute atomic E-state index is 13.9. The van der Waals surface area contributed by atoms with Crippen molar-refractivity contribution < 1.29 is 49.8 Å². The molecule has 176 valence electrons. The van der Waals surface area contributed by atoms with Crippen LogP contribution in [0.5, 0.6) is 0 Å². The largest absolute Gasteiger partial charge is 0.466 e. The smallest absolute Gasteiger partial charge is 0.412 e. The van der Waals surface area contributed by atoms with E-state index in [0.717, 1.165) is 4.90 Å². The van der Waals surface area contributed by atoms with Crippen LogP contribution in [0.25, 0.3) is 0 Å². The molecule has 0 aliphatic carbocycles. The van der Waals surface area contributed by atoms with Crippen molar-refractivity contribution in [3.05, 3.63) is 12.7 Å². The van der Waals surface area contributed by atoms with Crippen LogP contribution in [0.15, 0.2) is 12.7 Å². The number of hydrogen-bond donors (Lipinski definition) is 0. The zero-order valence-electron chi connectivity index (χ0n) is 17.3. The van der Waals surface area contributed by atoms with Crippen LogP contribution in [0.2, 0.25) is 0 Å². The Hall–Kier alpha value is -1.85. The number of rotatable bonds is 11. The number of alkyl halides is 7. The summed E-state index contributed by atoms with van der Waals surface area (Å²) in [6.07, 6.45) is -7.75. The minimum Gasteiger partial charge on any atom is -0.412 e. The van der Waals surface area contributed by atoms with E-state index in [1.165, 1.54) is 27.7 Å². The fraction of sp³-hybridized carbons (Fsp3) is 0.778. The van der Waals surface area contributed by atoms with Gasteiger partial charge in [0.15, 0.2) is 0 Å². The third kappa shape index (κ3) is 6.58. The molecule has 0 aliphatic heterocycles. The molecule has 0 bridgehead atoms. The van der Waals surface area contributed by atoms with E-state index in [2.05, 4.69) is 16.1 Å². The summed E-state index contributed by atoms with van der Waals surface area (Å²) in [5.74, 6) is -16.5. The van der Waals surface area contributed by atoms with Crippen LogP contribution in [0.3, 0.4) is 0 Å². The Morgan fingerprint density at radius 3 is 1.80 bits per heavy atom. The Kier molecular flexibility index (Phi) is 9.36. The lowest BCUT2D eigenvalue weighted by Gasteiger charge is -2.40. The van der Waals surface area contributed by atoms with E-state index in [0.29, 0.717) is 6.08 Å². The average molecular weight is 453 g/mol. The molecule has 0 aliphatic rings. The summed E-state index contributed by atoms with van der Waals surface area (Å²) < 4.78 is 103. The molecule has 1 atom stereocenters. The van der Waals surface area contributed by atoms with Gasteiger partial charge in [-0.15, -0.1) is 0 Å². The maximum Gasteiger partial charge on any atom is 0.466 e. The van der Waals surface area contributed by atoms with Gasteiger partial charge in [-0.05, 0) is 34.1 Å². The lowest BCUT2D eigenvalue weighted by molar-refractivity contribution is -0.351. The molecule has 0 aromatic carbocycles. The topological polar surface area (TPSA) is 55.8 Å². The highest BCUT2D eigenvalue weighted by Gasteiger charge is 2.67. The van der Waals surface area contributed by atoms with Gasteiger partial charge in [0.25, 0.3) is 0 Å². The first-order valence-corrected chi connectivity index (χ1v) is 8.98. The zero-order valence-corrected chi connectivity index (χ0v) is 17.3. The molecular formula is C18H26F7NO4. The number of esters is 1. The summed E-state index contributed by atoms with van der Waals surface area (Å²) in [5.41, 5.74) is 0. The number of hydrogen-bond acceptors (Lipinski definition) is 4. The van der Waals surface area contributed by atoms with Gasteiger partial charge >= 0.3 is 35.7 Å². The lowest BCUT2D eigenvalue weighted by atomic mass is 10.1. The molecule has 0 N–H and O–H groups in total. The normalized spacial score (nSPS) is 15.1. The summed E-state index contributed by atoms with van der Waals surface area (Å²) in [6, 6.07) is -1.57. The number of carbonyl (C=O) groups is 2. The summed E-state index contributed by atoms with van der Waals surface area (Å²) in [5, 5.41) is 0. The van der Waals surface area contributed by atoms with E-state index in [1.54, 1.807) is 0 Å². The predicted molar refractivity (Wildman–Crippen MR) is 92.9 cm³/mol. The van der Waals surface area contributed by atoms with Crippen LogP contribution in [0, 0.1) is 0 Å². The van der Waals surface area contributed by atoms with E-state index in [1.807, 2.05) is 0 Å². The van der Waals surface area contributed by atoms with Crippen LogP contribution in [-0.2, 0) is 19.1 Å². The zero-order chi connectivity index (χ0) is 24.1. The average Bonchev–Trinajstić information content (AvgIpc) is 2.54. The van der Waals surface area contributed by atoms with Gasteiger partial charge in [0.2, 0.25) is 0 Å². The van der Waals surface area contributed by atoms with Crippen molar-refractivity contribution in [3.8, 4) is 0 Å². The van der Waals surface area contributed by atoms with Gasteiger partial charge in [0.05, 0.1) is 6.61 Å². The molecule has 0 saturated carbocycles. The Labute approximate surface area is 170 Å². The molecule has 1 amide bonds. The molecule has 0 spiro atoms. The number of nitrogens with zero attached hydrogens (tertiary/aromatic N) is 1. The Morgan fingerprint density at radius 2 is 1.47 bits per heavy atom. The van der Waals surface area contributed by atoms with Crippen molar-refractivity contribution in [1.29, 1.82) is 0 Å². The Bertz CT molecular complexity index is 607. The first-order valence-electron chi connectivity index (χ1n) is 8.98. The molecule has 0 rings (SSSR count). The van der Waals surface area contributed by atoms with E-state index >= 15 is 0 Å². The number of ether oxygens (including phenoxy) is 2. The van der Waals surface area contributed by atoms with Gasteiger partial charge in [-0.1, -0.05) is 6.58 Å². The molecular weight excluding hydrogens is 427 g/mol. The Balaban J connectivity index is 5.96. The van der Waals surface area contributed by atoms with Crippen LogP contribution in [0.1, 0.15) is 47.5 Å². The summed E-state index contributed by atoms with van der Waals surface area (Å²) >= 11 is 0. The summed E-state index contributed by atoms with van der Waals surface area (Å²) in [4.78, 5) is 25.1. The van der Waals surface area contributed by atoms with Crippen LogP contribution in [-0.4, -0.2) is 59.3 Å². The maximum atomic E-state index is 13.9. The number of carbonyl (C=O) groups excluding carboxylic acids is 2. The fourth-order valence-corrected chi connectivity index (χ4v) is 2.54. The molecule has 0 saturated heterocycles. The Morgan fingerprint density at radius 1 is 1.00 bits per heavy atom. The fourth-order valence-electron chi connectivity index (χ4n) is 2.54. The minimum absolute atomic E-state index is 0.0353. The van der Waals surface area contributed by atoms with Gasteiger partial charge in [0, 0.05) is 31.5 Å². The van der Waals surface area contributed by atoms with E-state index < -0.39 is 67.2 Å². The van der Waals surface area contributed by atoms with Crippen molar-refractivity contribution in [2.24, 2.45) is 0 Å². The molecule has 30 heavy (non-hydrogen) atoms. The number of halogens is 7. The third-order valence-corrected chi connectivity index (χ3v) is 4.00. The summed E-state index contributed by atoms with van der Waals surface area (Å²) in [7, 11) is 0. The SMILES string of the molecule is C=CC(=O)OC(OCCCC(F)(F)C(C)(F)F)(C(=O)N(C(C)C)C(C)C)C(F)(F)F. The molecule has 0 aromatic rings. The summed E-state index contributed by atoms with van der Waals surface area (Å²) in [6.45, 7) is 7.30. The molecule has 0 heterocycles. The number of amides is 1. The minimum atomic E-state index is -5.61. The van der Waals surface area contributed by atoms with Crippen molar-refractivity contribution in [2.45, 2.75) is 83.4 Å². The van der Waals surface area contributed by atoms with Crippen molar-refractivity contribution in [2.75, 3.05) is 6.61 Å². The quantitative estimate of drug-likeness (QED) is 0.150. The van der Waals surface area contributed by atoms with Gasteiger partial charge in [0.1, 0.15) is 0 Å². The van der Waals surface area contributed by atoms with Gasteiger partial charge in [-0.3, -0.25) is 4.79 Å². The van der Waals surface area contributed by atoms with Crippen LogP contribution >= 0.6 is 0 Å². The predicted octanol–water partition coefficient (Wildman–Crippen LogP) is 4.71. The standard InChI is InChI=1S/C18H26F7NO4/c1-7-13(27)30-17(18(23,24)25,14(28)26(11(2)3)12(4)5)29-10-8-9-16(21,22)15(6,19)20/h7,11-12H,1,8-10H2,2-6H3. The molecule has 0 aromatic heterocycles. The highest BCUT2D eigenvalue weighted by Crippen LogP contribution is 2.40. The molecule has 5 nitrogen and oxygen atoms in total. The first kappa shape index (κ1) is 28.1. The molecule has 0 fully saturated rings. The first-order chi connectivity index (χ1) is 13.3. The van der Waals surface area contributed by atoms with E-state index in [4.69, 9.17) is 0 Å². The van der Waals surface area contributed by atoms with Crippen LogP contribution in [0.4, 0.5) is 30.7 Å². The van der Waals surface area contributed by atoms with Crippen molar-refractivity contribution >= 4 is 11.9 Å². The second-order valence-corrected chi connectivity index (χ2v) is 7.18. The van der Waals surface area contributed by atoms with Crippen molar-refractivity contribution in [3.63, 3.8) is 0 Å². The second-order valence-electron chi connectivity index (χ2n) is 7.18. The van der Waals surface area contributed by atoms with Gasteiger partial charge < -0.3 is 14.4 Å². The highest BCUT2D eigenvalue weighted by atomic mass is 19.4.